The van der Waals surface area contributed by atoms with Crippen LogP contribution in [0.1, 0.15) is 18.0 Å². The Balaban J connectivity index is 3.38. The van der Waals surface area contributed by atoms with Crippen molar-refractivity contribution in [3.8, 4) is 17.6 Å². The van der Waals surface area contributed by atoms with Crippen LogP contribution >= 0.6 is 0 Å². The second kappa shape index (κ2) is 5.84. The Labute approximate surface area is 104 Å². The summed E-state index contributed by atoms with van der Waals surface area (Å²) in [6.07, 6.45) is -0.0175. The van der Waals surface area contributed by atoms with E-state index in [0.717, 1.165) is 0 Å². The fourth-order valence-electron chi connectivity index (χ4n) is 1.55. The van der Waals surface area contributed by atoms with Crippen LogP contribution in [0.4, 0.5) is 5.69 Å². The van der Waals surface area contributed by atoms with Crippen molar-refractivity contribution in [3.63, 3.8) is 0 Å². The van der Waals surface area contributed by atoms with Crippen molar-refractivity contribution >= 4 is 5.69 Å². The smallest absolute Gasteiger partial charge is 0.278 e. The van der Waals surface area contributed by atoms with E-state index in [1.54, 1.807) is 0 Å². The van der Waals surface area contributed by atoms with Gasteiger partial charge < -0.3 is 15.2 Å². The van der Waals surface area contributed by atoms with Gasteiger partial charge in [0.15, 0.2) is 11.5 Å². The maximum absolute atomic E-state index is 11.0. The van der Waals surface area contributed by atoms with Crippen LogP contribution in [0.3, 0.4) is 0 Å². The van der Waals surface area contributed by atoms with Gasteiger partial charge in [0.05, 0.1) is 43.3 Å². The van der Waals surface area contributed by atoms with E-state index in [9.17, 15) is 10.1 Å². The summed E-state index contributed by atoms with van der Waals surface area (Å²) < 4.78 is 10.0. The molecule has 0 saturated heterocycles. The van der Waals surface area contributed by atoms with Gasteiger partial charge in [0.2, 0.25) is 0 Å². The molecule has 0 radical (unpaired) electrons. The molecule has 0 unspecified atom stereocenters. The average molecular weight is 251 g/mol. The number of hydrogen-bond acceptors (Lipinski definition) is 6. The molecule has 2 N–H and O–H groups in total. The van der Waals surface area contributed by atoms with E-state index in [0.29, 0.717) is 5.75 Å². The number of nitro benzene ring substituents is 1. The average Bonchev–Trinajstić information content (AvgIpc) is 2.37. The maximum Gasteiger partial charge on any atom is 0.278 e. The summed E-state index contributed by atoms with van der Waals surface area (Å²) in [6.45, 7) is 0. The largest absolute Gasteiger partial charge is 0.493 e. The lowest BCUT2D eigenvalue weighted by molar-refractivity contribution is -0.385. The summed E-state index contributed by atoms with van der Waals surface area (Å²) in [4.78, 5) is 10.4. The topological polar surface area (TPSA) is 111 Å². The first-order chi connectivity index (χ1) is 8.54. The van der Waals surface area contributed by atoms with Crippen LogP contribution in [0.25, 0.3) is 0 Å². The zero-order chi connectivity index (χ0) is 13.7. The third-order valence-corrected chi connectivity index (χ3v) is 2.44. The number of nitro groups is 1. The number of hydrogen-bond donors (Lipinski definition) is 1. The lowest BCUT2D eigenvalue weighted by Gasteiger charge is -2.13. The van der Waals surface area contributed by atoms with Crippen molar-refractivity contribution in [1.29, 1.82) is 5.26 Å². The predicted molar refractivity (Wildman–Crippen MR) is 63.4 cm³/mol. The normalized spacial score (nSPS) is 11.4. The van der Waals surface area contributed by atoms with Gasteiger partial charge in [-0.15, -0.1) is 0 Å². The number of ether oxygens (including phenoxy) is 2. The fourth-order valence-corrected chi connectivity index (χ4v) is 1.55. The van der Waals surface area contributed by atoms with Crippen LogP contribution in [-0.4, -0.2) is 19.1 Å². The van der Waals surface area contributed by atoms with Gasteiger partial charge in [-0.3, -0.25) is 10.1 Å². The molecule has 1 aromatic carbocycles. The molecular formula is C11H13N3O4. The van der Waals surface area contributed by atoms with Crippen LogP contribution < -0.4 is 15.2 Å². The molecule has 18 heavy (non-hydrogen) atoms. The van der Waals surface area contributed by atoms with E-state index >= 15 is 0 Å². The van der Waals surface area contributed by atoms with E-state index in [2.05, 4.69) is 0 Å². The first-order valence-corrected chi connectivity index (χ1v) is 5.08. The molecule has 0 bridgehead atoms. The molecule has 0 amide bonds. The van der Waals surface area contributed by atoms with Gasteiger partial charge >= 0.3 is 0 Å². The van der Waals surface area contributed by atoms with Crippen LogP contribution in [0.5, 0.6) is 11.5 Å². The molecule has 96 valence electrons. The zero-order valence-electron chi connectivity index (χ0n) is 10.0. The standard InChI is InChI=1S/C11H13N3O4/c1-17-10-5-7(8(13)3-4-12)9(14(15)16)6-11(10)18-2/h5-6,8H,3,13H2,1-2H3/t8-/m1/s1. The quantitative estimate of drug-likeness (QED) is 0.627. The highest BCUT2D eigenvalue weighted by molar-refractivity contribution is 5.55. The number of methoxy groups -OCH3 is 2. The minimum Gasteiger partial charge on any atom is -0.493 e. The van der Waals surface area contributed by atoms with E-state index in [1.807, 2.05) is 6.07 Å². The van der Waals surface area contributed by atoms with Crippen molar-refractivity contribution in [3.05, 3.63) is 27.8 Å². The van der Waals surface area contributed by atoms with Crippen molar-refractivity contribution < 1.29 is 14.4 Å². The monoisotopic (exact) mass is 251 g/mol. The Morgan fingerprint density at radius 2 is 2.00 bits per heavy atom. The highest BCUT2D eigenvalue weighted by Crippen LogP contribution is 2.37. The molecule has 0 aliphatic carbocycles. The summed E-state index contributed by atoms with van der Waals surface area (Å²) in [7, 11) is 2.81. The first kappa shape index (κ1) is 13.7. The minimum atomic E-state index is -0.741. The number of benzene rings is 1. The molecule has 1 aromatic rings. The minimum absolute atomic E-state index is 0.0175. The third kappa shape index (κ3) is 2.67. The van der Waals surface area contributed by atoms with Crippen LogP contribution in [-0.2, 0) is 0 Å². The second-order valence-electron chi connectivity index (χ2n) is 3.49. The Bertz CT molecular complexity index is 496. The SMILES string of the molecule is COc1cc([C@H](N)CC#N)c([N+](=O)[O-])cc1OC. The van der Waals surface area contributed by atoms with Gasteiger partial charge in [-0.2, -0.15) is 5.26 Å². The third-order valence-electron chi connectivity index (χ3n) is 2.44. The maximum atomic E-state index is 11.0. The molecule has 0 aliphatic heterocycles. The van der Waals surface area contributed by atoms with Crippen LogP contribution in [0.15, 0.2) is 12.1 Å². The van der Waals surface area contributed by atoms with Gasteiger partial charge in [0.1, 0.15) is 0 Å². The number of nitrogens with zero attached hydrogens (tertiary/aromatic N) is 2. The Morgan fingerprint density at radius 1 is 1.44 bits per heavy atom. The highest BCUT2D eigenvalue weighted by atomic mass is 16.6. The molecule has 7 heteroatoms. The van der Waals surface area contributed by atoms with E-state index in [4.69, 9.17) is 20.5 Å². The number of nitriles is 1. The van der Waals surface area contributed by atoms with Gasteiger partial charge in [-0.05, 0) is 6.07 Å². The highest BCUT2D eigenvalue weighted by Gasteiger charge is 2.23. The summed E-state index contributed by atoms with van der Waals surface area (Å²) in [6, 6.07) is 3.81. The van der Waals surface area contributed by atoms with Gasteiger partial charge in [0.25, 0.3) is 5.69 Å². The molecule has 7 nitrogen and oxygen atoms in total. The number of nitrogens with two attached hydrogens (primary N) is 1. The molecule has 0 fully saturated rings. The molecule has 0 spiro atoms. The summed E-state index contributed by atoms with van der Waals surface area (Å²) in [5.41, 5.74) is 5.80. The molecule has 0 saturated carbocycles. The van der Waals surface area contributed by atoms with Crippen LogP contribution in [0.2, 0.25) is 0 Å². The first-order valence-electron chi connectivity index (χ1n) is 5.08. The van der Waals surface area contributed by atoms with E-state index in [1.165, 1.54) is 26.4 Å². The molecule has 1 atom stereocenters. The van der Waals surface area contributed by atoms with Crippen molar-refractivity contribution in [2.24, 2.45) is 5.73 Å². The van der Waals surface area contributed by atoms with Gasteiger partial charge in [-0.25, -0.2) is 0 Å². The second-order valence-corrected chi connectivity index (χ2v) is 3.49. The van der Waals surface area contributed by atoms with Crippen molar-refractivity contribution in [1.82, 2.24) is 0 Å². The molecule has 0 aromatic heterocycles. The van der Waals surface area contributed by atoms with Crippen molar-refractivity contribution in [2.75, 3.05) is 14.2 Å². The molecule has 0 heterocycles. The lowest BCUT2D eigenvalue weighted by atomic mass is 10.0. The fraction of sp³-hybridized carbons (Fsp3) is 0.364. The molecular weight excluding hydrogens is 238 g/mol. The zero-order valence-corrected chi connectivity index (χ0v) is 10.0. The summed E-state index contributed by atoms with van der Waals surface area (Å²) in [5.74, 6) is 0.587. The lowest BCUT2D eigenvalue weighted by Crippen LogP contribution is -2.12. The Kier molecular flexibility index (Phi) is 4.45. The van der Waals surface area contributed by atoms with E-state index in [-0.39, 0.29) is 23.4 Å². The number of rotatable bonds is 5. The van der Waals surface area contributed by atoms with E-state index < -0.39 is 11.0 Å². The summed E-state index contributed by atoms with van der Waals surface area (Å²) in [5, 5.41) is 19.6. The molecule has 0 aliphatic rings. The Morgan fingerprint density at radius 3 is 2.44 bits per heavy atom. The van der Waals surface area contributed by atoms with Gasteiger partial charge in [-0.1, -0.05) is 0 Å². The Hall–Kier alpha value is -2.33. The van der Waals surface area contributed by atoms with Crippen molar-refractivity contribution in [2.45, 2.75) is 12.5 Å². The summed E-state index contributed by atoms with van der Waals surface area (Å²) >= 11 is 0. The van der Waals surface area contributed by atoms with Crippen LogP contribution in [0, 0.1) is 21.4 Å². The van der Waals surface area contributed by atoms with Gasteiger partial charge in [0, 0.05) is 6.04 Å². The molecule has 1 rings (SSSR count). The predicted octanol–water partition coefficient (Wildman–Crippen LogP) is 1.53.